The molecule has 0 radical (unpaired) electrons. The van der Waals surface area contributed by atoms with E-state index < -0.39 is 0 Å². The molecule has 0 aliphatic rings. The van der Waals surface area contributed by atoms with Crippen LogP contribution in [0.2, 0.25) is 0 Å². The number of rotatable bonds is 6. The molecule has 21 heavy (non-hydrogen) atoms. The molecule has 0 spiro atoms. The zero-order chi connectivity index (χ0) is 15.7. The molecule has 1 aromatic rings. The van der Waals surface area contributed by atoms with E-state index >= 15 is 0 Å². The summed E-state index contributed by atoms with van der Waals surface area (Å²) in [6, 6.07) is 5.15. The van der Waals surface area contributed by atoms with E-state index in [4.69, 9.17) is 15.2 Å². The van der Waals surface area contributed by atoms with Crippen LogP contribution in [0.15, 0.2) is 18.2 Å². The van der Waals surface area contributed by atoms with Gasteiger partial charge in [0.15, 0.2) is 0 Å². The van der Waals surface area contributed by atoms with Gasteiger partial charge in [0.25, 0.3) is 5.91 Å². The van der Waals surface area contributed by atoms with Gasteiger partial charge >= 0.3 is 0 Å². The standard InChI is InChI=1S/C16H22N2O3/c1-12(11-20-2)10-18-16(19)14-6-7-15(21-3)13(9-14)5-4-8-17/h6-7,9,12H,8,10-11,17H2,1-3H3,(H,18,19). The van der Waals surface area contributed by atoms with Crippen molar-refractivity contribution < 1.29 is 14.3 Å². The van der Waals surface area contributed by atoms with Gasteiger partial charge in [-0.05, 0) is 24.1 Å². The van der Waals surface area contributed by atoms with Crippen molar-refractivity contribution in [2.45, 2.75) is 6.92 Å². The van der Waals surface area contributed by atoms with E-state index in [9.17, 15) is 4.79 Å². The maximum atomic E-state index is 12.1. The van der Waals surface area contributed by atoms with Crippen LogP contribution < -0.4 is 15.8 Å². The lowest BCUT2D eigenvalue weighted by Crippen LogP contribution is -2.29. The molecule has 0 aliphatic heterocycles. The molecule has 1 amide bonds. The molecule has 3 N–H and O–H groups in total. The number of carbonyl (C=O) groups excluding carboxylic acids is 1. The Labute approximate surface area is 125 Å². The summed E-state index contributed by atoms with van der Waals surface area (Å²) < 4.78 is 10.3. The van der Waals surface area contributed by atoms with Gasteiger partial charge in [0, 0.05) is 19.2 Å². The van der Waals surface area contributed by atoms with E-state index in [2.05, 4.69) is 17.2 Å². The van der Waals surface area contributed by atoms with Gasteiger partial charge in [-0.1, -0.05) is 18.8 Å². The number of benzene rings is 1. The maximum absolute atomic E-state index is 12.1. The number of nitrogens with two attached hydrogens (primary N) is 1. The first-order valence-corrected chi connectivity index (χ1v) is 6.76. The van der Waals surface area contributed by atoms with Crippen molar-refractivity contribution in [3.05, 3.63) is 29.3 Å². The minimum absolute atomic E-state index is 0.142. The highest BCUT2D eigenvalue weighted by Crippen LogP contribution is 2.18. The Bertz CT molecular complexity index is 532. The fourth-order valence-corrected chi connectivity index (χ4v) is 1.81. The van der Waals surface area contributed by atoms with Gasteiger partial charge in [-0.25, -0.2) is 0 Å². The van der Waals surface area contributed by atoms with Gasteiger partial charge in [0.2, 0.25) is 0 Å². The van der Waals surface area contributed by atoms with E-state index in [1.165, 1.54) is 0 Å². The molecule has 1 aromatic carbocycles. The summed E-state index contributed by atoms with van der Waals surface area (Å²) in [5.74, 6) is 6.41. The number of ether oxygens (including phenoxy) is 2. The van der Waals surface area contributed by atoms with Crippen LogP contribution in [0.4, 0.5) is 0 Å². The van der Waals surface area contributed by atoms with Crippen LogP contribution in [0.25, 0.3) is 0 Å². The average Bonchev–Trinajstić information content (AvgIpc) is 2.50. The lowest BCUT2D eigenvalue weighted by molar-refractivity contribution is 0.0934. The third-order valence-corrected chi connectivity index (χ3v) is 2.85. The van der Waals surface area contributed by atoms with Gasteiger partial charge in [-0.3, -0.25) is 4.79 Å². The summed E-state index contributed by atoms with van der Waals surface area (Å²) in [4.78, 5) is 12.1. The second-order valence-electron chi connectivity index (χ2n) is 4.69. The monoisotopic (exact) mass is 290 g/mol. The number of hydrogen-bond acceptors (Lipinski definition) is 4. The lowest BCUT2D eigenvalue weighted by atomic mass is 10.1. The zero-order valence-corrected chi connectivity index (χ0v) is 12.7. The SMILES string of the molecule is COCC(C)CNC(=O)c1ccc(OC)c(C#CCN)c1. The normalized spacial score (nSPS) is 11.2. The van der Waals surface area contributed by atoms with Crippen LogP contribution in [0.1, 0.15) is 22.8 Å². The predicted octanol–water partition coefficient (Wildman–Crippen LogP) is 1.02. The lowest BCUT2D eigenvalue weighted by Gasteiger charge is -2.12. The average molecular weight is 290 g/mol. The molecule has 1 atom stereocenters. The fraction of sp³-hybridized carbons (Fsp3) is 0.438. The number of nitrogens with one attached hydrogen (secondary N) is 1. The summed E-state index contributed by atoms with van der Waals surface area (Å²) in [7, 11) is 3.21. The van der Waals surface area contributed by atoms with E-state index in [0.29, 0.717) is 30.0 Å². The second-order valence-corrected chi connectivity index (χ2v) is 4.69. The van der Waals surface area contributed by atoms with E-state index in [1.807, 2.05) is 6.92 Å². The third kappa shape index (κ3) is 5.46. The molecule has 114 valence electrons. The molecule has 1 unspecified atom stereocenters. The summed E-state index contributed by atoms with van der Waals surface area (Å²) >= 11 is 0. The third-order valence-electron chi connectivity index (χ3n) is 2.85. The topological polar surface area (TPSA) is 73.6 Å². The Hall–Kier alpha value is -2.03. The Kier molecular flexibility index (Phi) is 7.30. The summed E-state index contributed by atoms with van der Waals surface area (Å²) in [5, 5.41) is 2.87. The molecular weight excluding hydrogens is 268 g/mol. The van der Waals surface area contributed by atoms with Crippen molar-refractivity contribution in [2.24, 2.45) is 11.7 Å². The molecule has 0 aliphatic carbocycles. The van der Waals surface area contributed by atoms with Gasteiger partial charge < -0.3 is 20.5 Å². The quantitative estimate of drug-likeness (QED) is 0.767. The molecule has 0 saturated carbocycles. The Morgan fingerprint density at radius 3 is 2.81 bits per heavy atom. The highest BCUT2D eigenvalue weighted by atomic mass is 16.5. The van der Waals surface area contributed by atoms with Crippen LogP contribution in [-0.4, -0.2) is 39.8 Å². The maximum Gasteiger partial charge on any atom is 0.251 e. The highest BCUT2D eigenvalue weighted by molar-refractivity contribution is 5.94. The Morgan fingerprint density at radius 2 is 2.19 bits per heavy atom. The first-order chi connectivity index (χ1) is 10.1. The Morgan fingerprint density at radius 1 is 1.43 bits per heavy atom. The molecule has 5 heteroatoms. The van der Waals surface area contributed by atoms with Crippen molar-refractivity contribution in [3.8, 4) is 17.6 Å². The summed E-state index contributed by atoms with van der Waals surface area (Å²) in [6.45, 7) is 3.43. The van der Waals surface area contributed by atoms with Crippen molar-refractivity contribution in [3.63, 3.8) is 0 Å². The first kappa shape index (κ1) is 17.0. The Balaban J connectivity index is 2.80. The summed E-state index contributed by atoms with van der Waals surface area (Å²) in [6.07, 6.45) is 0. The van der Waals surface area contributed by atoms with Gasteiger partial charge in [0.1, 0.15) is 5.75 Å². The molecule has 0 heterocycles. The highest BCUT2D eigenvalue weighted by Gasteiger charge is 2.10. The molecule has 5 nitrogen and oxygen atoms in total. The smallest absolute Gasteiger partial charge is 0.251 e. The van der Waals surface area contributed by atoms with Crippen molar-refractivity contribution in [1.29, 1.82) is 0 Å². The molecule has 1 rings (SSSR count). The van der Waals surface area contributed by atoms with Crippen molar-refractivity contribution in [2.75, 3.05) is 33.9 Å². The molecule has 0 saturated heterocycles. The van der Waals surface area contributed by atoms with Gasteiger partial charge in [-0.2, -0.15) is 0 Å². The number of carbonyl (C=O) groups is 1. The largest absolute Gasteiger partial charge is 0.495 e. The predicted molar refractivity (Wildman–Crippen MR) is 82.3 cm³/mol. The number of methoxy groups -OCH3 is 2. The van der Waals surface area contributed by atoms with Gasteiger partial charge in [0.05, 0.1) is 25.8 Å². The van der Waals surface area contributed by atoms with E-state index in [-0.39, 0.29) is 18.4 Å². The van der Waals surface area contributed by atoms with Crippen LogP contribution in [0.5, 0.6) is 5.75 Å². The molecular formula is C16H22N2O3. The van der Waals surface area contributed by atoms with E-state index in [1.54, 1.807) is 32.4 Å². The summed E-state index contributed by atoms with van der Waals surface area (Å²) in [5.41, 5.74) is 6.57. The minimum Gasteiger partial charge on any atom is -0.495 e. The van der Waals surface area contributed by atoms with Crippen molar-refractivity contribution >= 4 is 5.91 Å². The fourth-order valence-electron chi connectivity index (χ4n) is 1.81. The van der Waals surface area contributed by atoms with Crippen LogP contribution in [0, 0.1) is 17.8 Å². The molecule has 0 fully saturated rings. The van der Waals surface area contributed by atoms with Crippen LogP contribution in [0.3, 0.4) is 0 Å². The number of amides is 1. The minimum atomic E-state index is -0.142. The molecule has 0 bridgehead atoms. The molecule has 0 aromatic heterocycles. The van der Waals surface area contributed by atoms with Gasteiger partial charge in [-0.15, -0.1) is 0 Å². The second kappa shape index (κ2) is 9.01. The first-order valence-electron chi connectivity index (χ1n) is 6.76. The van der Waals surface area contributed by atoms with E-state index in [0.717, 1.165) is 0 Å². The van der Waals surface area contributed by atoms with Crippen molar-refractivity contribution in [1.82, 2.24) is 5.32 Å². The number of hydrogen-bond donors (Lipinski definition) is 2. The van der Waals surface area contributed by atoms with Crippen LogP contribution >= 0.6 is 0 Å². The van der Waals surface area contributed by atoms with Crippen LogP contribution in [-0.2, 0) is 4.74 Å². The zero-order valence-electron chi connectivity index (χ0n) is 12.7.